The van der Waals surface area contributed by atoms with Crippen LogP contribution < -0.4 is 15.1 Å². The van der Waals surface area contributed by atoms with Gasteiger partial charge in [-0.15, -0.1) is 0 Å². The molecular formula is C20H23N5O3. The molecule has 0 saturated carbocycles. The van der Waals surface area contributed by atoms with Gasteiger partial charge in [0.05, 0.1) is 12.1 Å². The van der Waals surface area contributed by atoms with Crippen LogP contribution in [0, 0.1) is 0 Å². The molecule has 0 bridgehead atoms. The van der Waals surface area contributed by atoms with Gasteiger partial charge in [0.15, 0.2) is 11.6 Å². The van der Waals surface area contributed by atoms with Gasteiger partial charge >= 0.3 is 0 Å². The van der Waals surface area contributed by atoms with Crippen molar-refractivity contribution in [3.05, 3.63) is 41.6 Å². The molecule has 28 heavy (non-hydrogen) atoms. The largest absolute Gasteiger partial charge is 0.488 e. The van der Waals surface area contributed by atoms with Crippen molar-refractivity contribution < 1.29 is 14.3 Å². The molecule has 8 heteroatoms. The van der Waals surface area contributed by atoms with Gasteiger partial charge in [-0.05, 0) is 31.4 Å². The molecule has 0 radical (unpaired) electrons. The van der Waals surface area contributed by atoms with Gasteiger partial charge < -0.3 is 14.5 Å². The molecule has 2 aromatic rings. The van der Waals surface area contributed by atoms with Crippen molar-refractivity contribution in [2.45, 2.75) is 19.3 Å². The zero-order valence-corrected chi connectivity index (χ0v) is 15.9. The Morgan fingerprint density at radius 3 is 2.79 bits per heavy atom. The van der Waals surface area contributed by atoms with Gasteiger partial charge in [-0.2, -0.15) is 0 Å². The summed E-state index contributed by atoms with van der Waals surface area (Å²) >= 11 is 0. The Morgan fingerprint density at radius 1 is 1.21 bits per heavy atom. The van der Waals surface area contributed by atoms with Crippen LogP contribution in [0.5, 0.6) is 5.75 Å². The van der Waals surface area contributed by atoms with Crippen molar-refractivity contribution in [2.24, 2.45) is 4.99 Å². The van der Waals surface area contributed by atoms with Gasteiger partial charge in [-0.25, -0.2) is 4.98 Å². The normalized spacial score (nSPS) is 17.1. The zero-order chi connectivity index (χ0) is 19.5. The summed E-state index contributed by atoms with van der Waals surface area (Å²) in [5.41, 5.74) is 1.97. The number of aromatic nitrogens is 2. The van der Waals surface area contributed by atoms with E-state index in [1.807, 2.05) is 21.9 Å². The molecule has 0 aliphatic carbocycles. The molecule has 0 atom stereocenters. The van der Waals surface area contributed by atoms with E-state index in [-0.39, 0.29) is 5.91 Å². The van der Waals surface area contributed by atoms with Crippen molar-refractivity contribution in [3.8, 4) is 5.75 Å². The molecule has 0 spiro atoms. The summed E-state index contributed by atoms with van der Waals surface area (Å²) in [6.07, 6.45) is 7.29. The van der Waals surface area contributed by atoms with Gasteiger partial charge in [0.25, 0.3) is 5.91 Å². The first-order chi connectivity index (χ1) is 13.7. The number of nitrogens with zero attached hydrogens (tertiary/aromatic N) is 5. The van der Waals surface area contributed by atoms with Crippen LogP contribution >= 0.6 is 0 Å². The maximum atomic E-state index is 12.8. The molecule has 0 aromatic carbocycles. The van der Waals surface area contributed by atoms with Crippen LogP contribution in [0.2, 0.25) is 0 Å². The maximum absolute atomic E-state index is 12.8. The minimum atomic E-state index is 0.00882. The van der Waals surface area contributed by atoms with E-state index in [0.29, 0.717) is 35.8 Å². The monoisotopic (exact) mass is 381 g/mol. The molecule has 0 unspecified atom stereocenters. The van der Waals surface area contributed by atoms with E-state index in [4.69, 9.17) is 4.74 Å². The molecule has 8 nitrogen and oxygen atoms in total. The topological polar surface area (TPSA) is 80.0 Å². The minimum absolute atomic E-state index is 0.00882. The van der Waals surface area contributed by atoms with E-state index >= 15 is 0 Å². The summed E-state index contributed by atoms with van der Waals surface area (Å²) in [7, 11) is 1.64. The second kappa shape index (κ2) is 7.84. The predicted octanol–water partition coefficient (Wildman–Crippen LogP) is 1.61. The average Bonchev–Trinajstić information content (AvgIpc) is 2.77. The molecule has 4 rings (SSSR count). The number of piperidine rings is 1. The third-order valence-electron chi connectivity index (χ3n) is 5.15. The molecule has 0 N–H and O–H groups in total. The summed E-state index contributed by atoms with van der Waals surface area (Å²) < 4.78 is 7.21. The molecule has 1 amide bonds. The molecule has 146 valence electrons. The minimum Gasteiger partial charge on any atom is -0.488 e. The second-order valence-electron chi connectivity index (χ2n) is 6.88. The van der Waals surface area contributed by atoms with Crippen molar-refractivity contribution in [2.75, 3.05) is 38.2 Å². The summed E-state index contributed by atoms with van der Waals surface area (Å²) in [5.74, 6) is 1.26. The van der Waals surface area contributed by atoms with Crippen LogP contribution in [-0.4, -0.2) is 60.1 Å². The van der Waals surface area contributed by atoms with Gasteiger partial charge in [-0.1, -0.05) is 0 Å². The lowest BCUT2D eigenvalue weighted by Crippen LogP contribution is -2.36. The van der Waals surface area contributed by atoms with Crippen LogP contribution in [0.15, 0.2) is 35.6 Å². The predicted molar refractivity (Wildman–Crippen MR) is 105 cm³/mol. The fourth-order valence-electron chi connectivity index (χ4n) is 3.67. The van der Waals surface area contributed by atoms with E-state index in [2.05, 4.69) is 9.98 Å². The SMILES string of the molecule is C/N=c1/cc(N2CCOc3cc(C(=O)N4CCCCC4)cnc32)ccn1C=O. The summed E-state index contributed by atoms with van der Waals surface area (Å²) in [5, 5.41) is 0. The number of hydrogen-bond acceptors (Lipinski definition) is 6. The number of carbonyl (C=O) groups is 2. The number of ether oxygens (including phenoxy) is 1. The number of rotatable bonds is 3. The van der Waals surface area contributed by atoms with Crippen molar-refractivity contribution in [3.63, 3.8) is 0 Å². The molecule has 1 saturated heterocycles. The Kier molecular flexibility index (Phi) is 5.10. The quantitative estimate of drug-likeness (QED) is 0.755. The van der Waals surface area contributed by atoms with E-state index in [9.17, 15) is 9.59 Å². The van der Waals surface area contributed by atoms with Gasteiger partial charge in [0, 0.05) is 44.3 Å². The van der Waals surface area contributed by atoms with Gasteiger partial charge in [-0.3, -0.25) is 19.1 Å². The number of carbonyl (C=O) groups excluding carboxylic acids is 2. The van der Waals surface area contributed by atoms with Crippen LogP contribution in [0.4, 0.5) is 11.5 Å². The smallest absolute Gasteiger partial charge is 0.255 e. The van der Waals surface area contributed by atoms with Crippen LogP contribution in [-0.2, 0) is 4.79 Å². The molecular weight excluding hydrogens is 358 g/mol. The standard InChI is InChI=1S/C20H23N5O3/c1-21-18-12-16(5-8-24(18)14-26)25-9-10-28-17-11-15(13-22-19(17)25)20(27)23-6-3-2-4-7-23/h5,8,11-14H,2-4,6-7,9-10H2,1H3/b21-18-. The summed E-state index contributed by atoms with van der Waals surface area (Å²) in [6.45, 7) is 2.70. The first-order valence-electron chi connectivity index (χ1n) is 9.51. The number of hydrogen-bond donors (Lipinski definition) is 0. The number of anilines is 2. The van der Waals surface area contributed by atoms with Crippen molar-refractivity contribution in [1.29, 1.82) is 0 Å². The molecule has 4 heterocycles. The second-order valence-corrected chi connectivity index (χ2v) is 6.88. The average molecular weight is 381 g/mol. The lowest BCUT2D eigenvalue weighted by molar-refractivity contribution is 0.0723. The highest BCUT2D eigenvalue weighted by Crippen LogP contribution is 2.35. The van der Waals surface area contributed by atoms with E-state index in [0.717, 1.165) is 38.0 Å². The lowest BCUT2D eigenvalue weighted by Gasteiger charge is -2.31. The molecule has 1 fully saturated rings. The van der Waals surface area contributed by atoms with Crippen LogP contribution in [0.25, 0.3) is 0 Å². The number of amides is 1. The zero-order valence-electron chi connectivity index (χ0n) is 15.9. The van der Waals surface area contributed by atoms with Crippen LogP contribution in [0.3, 0.4) is 0 Å². The van der Waals surface area contributed by atoms with Crippen molar-refractivity contribution >= 4 is 23.8 Å². The highest BCUT2D eigenvalue weighted by Gasteiger charge is 2.25. The Morgan fingerprint density at radius 2 is 2.04 bits per heavy atom. The highest BCUT2D eigenvalue weighted by atomic mass is 16.5. The fourth-order valence-corrected chi connectivity index (χ4v) is 3.67. The number of likely N-dealkylation sites (tertiary alicyclic amines) is 1. The molecule has 2 aromatic heterocycles. The Balaban J connectivity index is 1.65. The summed E-state index contributed by atoms with van der Waals surface area (Å²) in [4.78, 5) is 36.5. The first-order valence-corrected chi connectivity index (χ1v) is 9.51. The third-order valence-corrected chi connectivity index (χ3v) is 5.15. The summed E-state index contributed by atoms with van der Waals surface area (Å²) in [6, 6.07) is 5.45. The van der Waals surface area contributed by atoms with Gasteiger partial charge in [0.2, 0.25) is 6.41 Å². The van der Waals surface area contributed by atoms with Crippen molar-refractivity contribution in [1.82, 2.24) is 14.5 Å². The number of fused-ring (bicyclic) bond motifs is 1. The van der Waals surface area contributed by atoms with E-state index in [1.165, 1.54) is 11.0 Å². The highest BCUT2D eigenvalue weighted by molar-refractivity contribution is 5.95. The Bertz CT molecular complexity index is 963. The maximum Gasteiger partial charge on any atom is 0.255 e. The number of pyridine rings is 2. The Labute approximate surface area is 163 Å². The lowest BCUT2D eigenvalue weighted by atomic mass is 10.1. The van der Waals surface area contributed by atoms with Crippen LogP contribution in [0.1, 0.15) is 29.6 Å². The van der Waals surface area contributed by atoms with E-state index < -0.39 is 0 Å². The Hall–Kier alpha value is -3.16. The molecule has 2 aliphatic heterocycles. The van der Waals surface area contributed by atoms with E-state index in [1.54, 1.807) is 25.5 Å². The molecule has 2 aliphatic rings. The van der Waals surface area contributed by atoms with Gasteiger partial charge in [0.1, 0.15) is 12.1 Å². The first kappa shape index (κ1) is 18.2. The fraction of sp³-hybridized carbons (Fsp3) is 0.400. The third kappa shape index (κ3) is 3.37.